The number of benzene rings is 1. The highest BCUT2D eigenvalue weighted by molar-refractivity contribution is 6.19. The van der Waals surface area contributed by atoms with Crippen LogP contribution >= 0.6 is 0 Å². The summed E-state index contributed by atoms with van der Waals surface area (Å²) in [6.45, 7) is 7.65. The highest BCUT2D eigenvalue weighted by Crippen LogP contribution is 2.34. The Morgan fingerprint density at radius 1 is 1.32 bits per heavy atom. The van der Waals surface area contributed by atoms with Gasteiger partial charge in [0.1, 0.15) is 0 Å². The molecule has 1 amide bonds. The van der Waals surface area contributed by atoms with Gasteiger partial charge in [-0.2, -0.15) is 13.2 Å². The molecule has 5 heteroatoms. The third-order valence-electron chi connectivity index (χ3n) is 2.50. The normalized spacial score (nSPS) is 11.5. The smallest absolute Gasteiger partial charge is 0.352 e. The van der Waals surface area contributed by atoms with E-state index in [-0.39, 0.29) is 17.1 Å². The number of nitrogens with one attached hydrogen (secondary N) is 1. The summed E-state index contributed by atoms with van der Waals surface area (Å²) in [6.07, 6.45) is -4.50. The van der Waals surface area contributed by atoms with Crippen molar-refractivity contribution < 1.29 is 18.0 Å². The summed E-state index contributed by atoms with van der Waals surface area (Å²) in [6, 6.07) is 4.92. The molecule has 1 rings (SSSR count). The fourth-order valence-electron chi connectivity index (χ4n) is 1.52. The maximum absolute atomic E-state index is 12.8. The Hall–Kier alpha value is -1.78. The van der Waals surface area contributed by atoms with E-state index in [4.69, 9.17) is 0 Å². The predicted molar refractivity (Wildman–Crippen MR) is 68.3 cm³/mol. The number of amides is 1. The standard InChI is InChI=1S/C14H16F3NO/c1-9(2)8-18-13(19)10(3)11-6-4-5-7-12(11)14(15,16)17/h4-7,9H,3,8H2,1-2H3,(H,18,19). The molecular weight excluding hydrogens is 255 g/mol. The highest BCUT2D eigenvalue weighted by atomic mass is 19.4. The molecule has 0 aliphatic rings. The summed E-state index contributed by atoms with van der Waals surface area (Å²) in [4.78, 5) is 11.7. The van der Waals surface area contributed by atoms with Gasteiger partial charge in [-0.3, -0.25) is 4.79 Å². The van der Waals surface area contributed by atoms with Gasteiger partial charge >= 0.3 is 6.18 Å². The lowest BCUT2D eigenvalue weighted by atomic mass is 10.00. The first-order valence-corrected chi connectivity index (χ1v) is 5.87. The average Bonchev–Trinajstić information content (AvgIpc) is 2.34. The Balaban J connectivity index is 2.97. The topological polar surface area (TPSA) is 29.1 Å². The number of carbonyl (C=O) groups is 1. The van der Waals surface area contributed by atoms with E-state index in [0.717, 1.165) is 6.07 Å². The van der Waals surface area contributed by atoms with Crippen LogP contribution in [0, 0.1) is 5.92 Å². The SMILES string of the molecule is C=C(C(=O)NCC(C)C)c1ccccc1C(F)(F)F. The van der Waals surface area contributed by atoms with Crippen LogP contribution in [0.2, 0.25) is 0 Å². The van der Waals surface area contributed by atoms with Gasteiger partial charge in [-0.25, -0.2) is 0 Å². The van der Waals surface area contributed by atoms with E-state index >= 15 is 0 Å². The van der Waals surface area contributed by atoms with Gasteiger partial charge in [-0.1, -0.05) is 38.6 Å². The molecular formula is C14H16F3NO. The lowest BCUT2D eigenvalue weighted by molar-refractivity contribution is -0.137. The molecule has 0 unspecified atom stereocenters. The highest BCUT2D eigenvalue weighted by Gasteiger charge is 2.34. The molecule has 1 aromatic carbocycles. The molecule has 0 radical (unpaired) electrons. The third-order valence-corrected chi connectivity index (χ3v) is 2.50. The van der Waals surface area contributed by atoms with Gasteiger partial charge in [0.05, 0.1) is 5.56 Å². The van der Waals surface area contributed by atoms with Crippen molar-refractivity contribution in [3.8, 4) is 0 Å². The van der Waals surface area contributed by atoms with Gasteiger partial charge in [-0.15, -0.1) is 0 Å². The van der Waals surface area contributed by atoms with E-state index in [9.17, 15) is 18.0 Å². The Labute approximate surface area is 110 Å². The number of carbonyl (C=O) groups excluding carboxylic acids is 1. The molecule has 2 nitrogen and oxygen atoms in total. The first kappa shape index (κ1) is 15.3. The van der Waals surface area contributed by atoms with Crippen LogP contribution in [0.25, 0.3) is 5.57 Å². The van der Waals surface area contributed by atoms with E-state index in [1.807, 2.05) is 13.8 Å². The number of hydrogen-bond acceptors (Lipinski definition) is 1. The minimum Gasteiger partial charge on any atom is -0.352 e. The number of hydrogen-bond donors (Lipinski definition) is 1. The second-order valence-electron chi connectivity index (χ2n) is 4.63. The average molecular weight is 271 g/mol. The first-order valence-electron chi connectivity index (χ1n) is 5.87. The summed E-state index contributed by atoms with van der Waals surface area (Å²) in [5, 5.41) is 2.55. The van der Waals surface area contributed by atoms with E-state index in [1.165, 1.54) is 18.2 Å². The third kappa shape index (κ3) is 4.12. The lowest BCUT2D eigenvalue weighted by Gasteiger charge is -2.15. The zero-order valence-electron chi connectivity index (χ0n) is 10.8. The van der Waals surface area contributed by atoms with Gasteiger partial charge in [-0.05, 0) is 17.5 Å². The maximum atomic E-state index is 12.8. The molecule has 0 aliphatic carbocycles. The van der Waals surface area contributed by atoms with Crippen LogP contribution in [0.5, 0.6) is 0 Å². The fraction of sp³-hybridized carbons (Fsp3) is 0.357. The Morgan fingerprint density at radius 2 is 1.89 bits per heavy atom. The van der Waals surface area contributed by atoms with Crippen molar-refractivity contribution in [2.75, 3.05) is 6.54 Å². The number of halogens is 3. The summed E-state index contributed by atoms with van der Waals surface area (Å²) in [7, 11) is 0. The van der Waals surface area contributed by atoms with Crippen LogP contribution in [0.4, 0.5) is 13.2 Å². The molecule has 0 fully saturated rings. The fourth-order valence-corrected chi connectivity index (χ4v) is 1.52. The molecule has 1 aromatic rings. The number of alkyl halides is 3. The maximum Gasteiger partial charge on any atom is 0.417 e. The Morgan fingerprint density at radius 3 is 2.42 bits per heavy atom. The minimum atomic E-state index is -4.50. The van der Waals surface area contributed by atoms with Crippen LogP contribution < -0.4 is 5.32 Å². The monoisotopic (exact) mass is 271 g/mol. The summed E-state index contributed by atoms with van der Waals surface area (Å²) < 4.78 is 38.4. The zero-order valence-corrected chi connectivity index (χ0v) is 10.8. The molecule has 1 N–H and O–H groups in total. The molecule has 19 heavy (non-hydrogen) atoms. The van der Waals surface area contributed by atoms with Gasteiger partial charge in [0.25, 0.3) is 5.91 Å². The van der Waals surface area contributed by atoms with E-state index < -0.39 is 17.6 Å². The summed E-state index contributed by atoms with van der Waals surface area (Å²) in [5.41, 5.74) is -1.20. The first-order chi connectivity index (χ1) is 8.73. The van der Waals surface area contributed by atoms with Gasteiger partial charge in [0.2, 0.25) is 0 Å². The Bertz CT molecular complexity index is 478. The van der Waals surface area contributed by atoms with Crippen molar-refractivity contribution >= 4 is 11.5 Å². The van der Waals surface area contributed by atoms with Gasteiger partial charge < -0.3 is 5.32 Å². The molecule has 0 saturated heterocycles. The van der Waals surface area contributed by atoms with Crippen molar-refractivity contribution in [1.82, 2.24) is 5.32 Å². The van der Waals surface area contributed by atoms with E-state index in [1.54, 1.807) is 0 Å². The van der Waals surface area contributed by atoms with Crippen molar-refractivity contribution in [3.63, 3.8) is 0 Å². The zero-order chi connectivity index (χ0) is 14.6. The molecule has 0 aliphatic heterocycles. The van der Waals surface area contributed by atoms with E-state index in [2.05, 4.69) is 11.9 Å². The summed E-state index contributed by atoms with van der Waals surface area (Å²) >= 11 is 0. The Kier molecular flexibility index (Phi) is 4.75. The number of rotatable bonds is 4. The van der Waals surface area contributed by atoms with Gasteiger partial charge in [0.15, 0.2) is 0 Å². The molecule has 0 aromatic heterocycles. The molecule has 0 atom stereocenters. The van der Waals surface area contributed by atoms with Gasteiger partial charge in [0, 0.05) is 12.1 Å². The molecule has 0 saturated carbocycles. The van der Waals surface area contributed by atoms with Crippen molar-refractivity contribution in [2.45, 2.75) is 20.0 Å². The molecule has 0 heterocycles. The lowest BCUT2D eigenvalue weighted by Crippen LogP contribution is -2.28. The van der Waals surface area contributed by atoms with Crippen LogP contribution in [0.3, 0.4) is 0 Å². The largest absolute Gasteiger partial charge is 0.417 e. The van der Waals surface area contributed by atoms with Crippen LogP contribution in [0.15, 0.2) is 30.8 Å². The molecule has 104 valence electrons. The molecule has 0 spiro atoms. The molecule has 0 bridgehead atoms. The van der Waals surface area contributed by atoms with Crippen LogP contribution in [0.1, 0.15) is 25.0 Å². The van der Waals surface area contributed by atoms with Crippen molar-refractivity contribution in [1.29, 1.82) is 0 Å². The van der Waals surface area contributed by atoms with E-state index in [0.29, 0.717) is 6.54 Å². The van der Waals surface area contributed by atoms with Crippen molar-refractivity contribution in [3.05, 3.63) is 42.0 Å². The second kappa shape index (κ2) is 5.91. The van der Waals surface area contributed by atoms with Crippen molar-refractivity contribution in [2.24, 2.45) is 5.92 Å². The summed E-state index contributed by atoms with van der Waals surface area (Å²) in [5.74, 6) is -0.361. The van der Waals surface area contributed by atoms with Crippen LogP contribution in [-0.2, 0) is 11.0 Å². The minimum absolute atomic E-state index is 0.173. The quantitative estimate of drug-likeness (QED) is 0.834. The van der Waals surface area contributed by atoms with Crippen LogP contribution in [-0.4, -0.2) is 12.5 Å². The second-order valence-corrected chi connectivity index (χ2v) is 4.63. The predicted octanol–water partition coefficient (Wildman–Crippen LogP) is 3.49.